The molecular formula is C19H25FO2. The lowest BCUT2D eigenvalue weighted by Gasteiger charge is -2.50. The molecule has 3 heteroatoms. The maximum Gasteiger partial charge on any atom is 0.130 e. The topological polar surface area (TPSA) is 29.5 Å². The first-order chi connectivity index (χ1) is 10.5. The minimum Gasteiger partial charge on any atom is -0.497 e. The van der Waals surface area contributed by atoms with Gasteiger partial charge in [-0.05, 0) is 78.9 Å². The van der Waals surface area contributed by atoms with E-state index in [1.165, 1.54) is 0 Å². The molecular weight excluding hydrogens is 279 g/mol. The molecule has 1 N–H and O–H groups in total. The van der Waals surface area contributed by atoms with Gasteiger partial charge in [0.1, 0.15) is 11.6 Å². The Hall–Kier alpha value is -1.09. The normalized spacial score (nSPS) is 39.8. The fraction of sp³-hybridized carbons (Fsp3) is 0.684. The molecule has 0 aliphatic heterocycles. The molecule has 120 valence electrons. The van der Waals surface area contributed by atoms with Crippen LogP contribution in [0.3, 0.4) is 0 Å². The number of hydrogen-bond acceptors (Lipinski definition) is 2. The van der Waals surface area contributed by atoms with Crippen molar-refractivity contribution in [2.24, 2.45) is 17.3 Å². The fourth-order valence-electron chi connectivity index (χ4n) is 5.73. The number of halogens is 1. The van der Waals surface area contributed by atoms with Crippen LogP contribution in [-0.2, 0) is 6.42 Å². The molecule has 0 amide bonds. The van der Waals surface area contributed by atoms with E-state index in [0.717, 1.165) is 49.7 Å². The van der Waals surface area contributed by atoms with Crippen molar-refractivity contribution < 1.29 is 14.2 Å². The van der Waals surface area contributed by atoms with Crippen LogP contribution in [0.15, 0.2) is 12.1 Å². The van der Waals surface area contributed by atoms with Gasteiger partial charge < -0.3 is 9.84 Å². The van der Waals surface area contributed by atoms with Crippen molar-refractivity contribution >= 4 is 0 Å². The van der Waals surface area contributed by atoms with Crippen molar-refractivity contribution in [2.45, 2.75) is 57.5 Å². The van der Waals surface area contributed by atoms with Crippen LogP contribution in [0.5, 0.6) is 5.75 Å². The number of benzene rings is 1. The van der Waals surface area contributed by atoms with Gasteiger partial charge in [0.15, 0.2) is 0 Å². The van der Waals surface area contributed by atoms with E-state index in [0.29, 0.717) is 23.5 Å². The predicted molar refractivity (Wildman–Crippen MR) is 83.6 cm³/mol. The molecule has 0 spiro atoms. The third kappa shape index (κ3) is 1.87. The summed E-state index contributed by atoms with van der Waals surface area (Å²) in [5, 5.41) is 10.4. The van der Waals surface area contributed by atoms with Crippen LogP contribution < -0.4 is 4.74 Å². The van der Waals surface area contributed by atoms with Gasteiger partial charge in [0.05, 0.1) is 13.2 Å². The number of aryl methyl sites for hydroxylation is 1. The SMILES string of the molecule is COc1cc(F)c2c(c1)CC[C@@H]1[C@@H]2CC[C@]2(C)[C@@H](O)CC[C@@H]12. The molecule has 0 aromatic heterocycles. The van der Waals surface area contributed by atoms with Crippen LogP contribution in [0.1, 0.15) is 56.1 Å². The molecule has 0 heterocycles. The lowest BCUT2D eigenvalue weighted by molar-refractivity contribution is -0.0231. The molecule has 2 saturated carbocycles. The molecule has 4 rings (SSSR count). The Kier molecular flexibility index (Phi) is 3.26. The summed E-state index contributed by atoms with van der Waals surface area (Å²) >= 11 is 0. The summed E-state index contributed by atoms with van der Waals surface area (Å²) in [6.45, 7) is 2.26. The number of hydrogen-bond donors (Lipinski definition) is 1. The molecule has 3 aliphatic carbocycles. The van der Waals surface area contributed by atoms with Crippen molar-refractivity contribution in [2.75, 3.05) is 7.11 Å². The minimum absolute atomic E-state index is 0.0572. The highest BCUT2D eigenvalue weighted by Gasteiger charge is 2.54. The third-order valence-corrected chi connectivity index (χ3v) is 6.93. The van der Waals surface area contributed by atoms with E-state index < -0.39 is 0 Å². The van der Waals surface area contributed by atoms with Crippen LogP contribution in [-0.4, -0.2) is 18.3 Å². The quantitative estimate of drug-likeness (QED) is 0.848. The summed E-state index contributed by atoms with van der Waals surface area (Å²) in [5.41, 5.74) is 2.14. The number of aliphatic hydroxyl groups excluding tert-OH is 1. The van der Waals surface area contributed by atoms with Crippen molar-refractivity contribution in [3.63, 3.8) is 0 Å². The predicted octanol–water partition coefficient (Wildman–Crippen LogP) is 4.05. The highest BCUT2D eigenvalue weighted by Crippen LogP contribution is 2.61. The zero-order valence-electron chi connectivity index (χ0n) is 13.4. The van der Waals surface area contributed by atoms with Gasteiger partial charge in [-0.3, -0.25) is 0 Å². The van der Waals surface area contributed by atoms with Gasteiger partial charge >= 0.3 is 0 Å². The molecule has 2 fully saturated rings. The van der Waals surface area contributed by atoms with Gasteiger partial charge in [0.25, 0.3) is 0 Å². The van der Waals surface area contributed by atoms with E-state index in [-0.39, 0.29) is 17.3 Å². The fourth-order valence-corrected chi connectivity index (χ4v) is 5.73. The second kappa shape index (κ2) is 4.95. The van der Waals surface area contributed by atoms with E-state index in [2.05, 4.69) is 6.92 Å². The summed E-state index contributed by atoms with van der Waals surface area (Å²) in [6.07, 6.45) is 5.94. The van der Waals surface area contributed by atoms with Crippen LogP contribution in [0.25, 0.3) is 0 Å². The average Bonchev–Trinajstić information content (AvgIpc) is 2.82. The summed E-state index contributed by atoms with van der Waals surface area (Å²) in [4.78, 5) is 0. The van der Waals surface area contributed by atoms with Crippen LogP contribution in [0.4, 0.5) is 4.39 Å². The summed E-state index contributed by atoms with van der Waals surface area (Å²) in [5.74, 6) is 1.96. The Bertz CT molecular complexity index is 599. The van der Waals surface area contributed by atoms with Crippen molar-refractivity contribution in [1.82, 2.24) is 0 Å². The van der Waals surface area contributed by atoms with Crippen molar-refractivity contribution in [1.29, 1.82) is 0 Å². The van der Waals surface area contributed by atoms with E-state index in [4.69, 9.17) is 4.74 Å². The molecule has 1 aromatic rings. The first-order valence-electron chi connectivity index (χ1n) is 8.59. The summed E-state index contributed by atoms with van der Waals surface area (Å²) in [7, 11) is 1.60. The maximum absolute atomic E-state index is 14.7. The van der Waals surface area contributed by atoms with Crippen LogP contribution >= 0.6 is 0 Å². The average molecular weight is 304 g/mol. The molecule has 0 unspecified atom stereocenters. The second-order valence-electron chi connectivity index (χ2n) is 7.74. The number of fused-ring (bicyclic) bond motifs is 5. The van der Waals surface area contributed by atoms with Gasteiger partial charge in [-0.25, -0.2) is 4.39 Å². The number of methoxy groups -OCH3 is 1. The first-order valence-corrected chi connectivity index (χ1v) is 8.59. The number of aliphatic hydroxyl groups is 1. The molecule has 2 nitrogen and oxygen atoms in total. The molecule has 22 heavy (non-hydrogen) atoms. The minimum atomic E-state index is -0.166. The summed E-state index contributed by atoms with van der Waals surface area (Å²) < 4.78 is 19.9. The zero-order chi connectivity index (χ0) is 15.5. The van der Waals surface area contributed by atoms with Crippen molar-refractivity contribution in [3.8, 4) is 5.75 Å². The maximum atomic E-state index is 14.7. The Morgan fingerprint density at radius 3 is 2.82 bits per heavy atom. The highest BCUT2D eigenvalue weighted by molar-refractivity contribution is 5.42. The Labute approximate surface area is 131 Å². The Morgan fingerprint density at radius 1 is 1.23 bits per heavy atom. The molecule has 0 bridgehead atoms. The van der Waals surface area contributed by atoms with E-state index in [9.17, 15) is 9.50 Å². The van der Waals surface area contributed by atoms with Gasteiger partial charge in [-0.2, -0.15) is 0 Å². The molecule has 3 aliphatic rings. The highest BCUT2D eigenvalue weighted by atomic mass is 19.1. The Morgan fingerprint density at radius 2 is 2.05 bits per heavy atom. The van der Waals surface area contributed by atoms with E-state index in [1.807, 2.05) is 6.07 Å². The smallest absolute Gasteiger partial charge is 0.130 e. The zero-order valence-corrected chi connectivity index (χ0v) is 13.4. The van der Waals surface area contributed by atoms with Crippen LogP contribution in [0.2, 0.25) is 0 Å². The molecule has 5 atom stereocenters. The standard InChI is InChI=1S/C19H25FO2/c1-19-8-7-14-13(15(19)5-6-17(19)21)4-3-11-9-12(22-2)10-16(20)18(11)14/h9-10,13-15,17,21H,3-8H2,1-2H3/t13-,14+,15+,17+,19+/m1/s1. The first kappa shape index (κ1) is 14.5. The lowest BCUT2D eigenvalue weighted by atomic mass is 9.55. The van der Waals surface area contributed by atoms with Crippen LogP contribution in [0, 0.1) is 23.1 Å². The largest absolute Gasteiger partial charge is 0.497 e. The molecule has 0 saturated heterocycles. The Balaban J connectivity index is 1.73. The third-order valence-electron chi connectivity index (χ3n) is 6.93. The summed E-state index contributed by atoms with van der Waals surface area (Å²) in [6, 6.07) is 3.56. The van der Waals surface area contributed by atoms with Gasteiger partial charge in [0.2, 0.25) is 0 Å². The lowest BCUT2D eigenvalue weighted by Crippen LogP contribution is -2.44. The second-order valence-corrected chi connectivity index (χ2v) is 7.74. The number of rotatable bonds is 1. The number of ether oxygens (including phenoxy) is 1. The van der Waals surface area contributed by atoms with Crippen molar-refractivity contribution in [3.05, 3.63) is 29.1 Å². The molecule has 1 aromatic carbocycles. The van der Waals surface area contributed by atoms with Gasteiger partial charge in [-0.1, -0.05) is 6.92 Å². The van der Waals surface area contributed by atoms with Gasteiger partial charge in [-0.15, -0.1) is 0 Å². The van der Waals surface area contributed by atoms with Gasteiger partial charge in [0, 0.05) is 6.07 Å². The van der Waals surface area contributed by atoms with E-state index >= 15 is 0 Å². The van der Waals surface area contributed by atoms with E-state index in [1.54, 1.807) is 13.2 Å². The molecule has 0 radical (unpaired) electrons. The monoisotopic (exact) mass is 304 g/mol.